The van der Waals surface area contributed by atoms with Crippen molar-refractivity contribution < 1.29 is 9.90 Å². The molecule has 2 N–H and O–H groups in total. The molecule has 31 heavy (non-hydrogen) atoms. The van der Waals surface area contributed by atoms with Gasteiger partial charge in [-0.3, -0.25) is 4.79 Å². The molecule has 0 saturated carbocycles. The molecule has 0 aliphatic rings. The molecule has 2 heterocycles. The lowest BCUT2D eigenvalue weighted by Crippen LogP contribution is -1.99. The number of hydrogen-bond donors (Lipinski definition) is 2. The second-order valence-electron chi connectivity index (χ2n) is 7.02. The van der Waals surface area contributed by atoms with Gasteiger partial charge in [0.1, 0.15) is 6.29 Å². The standard InChI is InChI=1S/C25H21N3O2S/c1-17(30)20-6-3-7-21(15-20)27-25-26-13-12-23(28-25)24-11-10-22(31-24)9-8-18-4-2-5-19(14-18)16-29/h2-17,30H,1H3,(H,26,27,28)/b9-8+. The maximum Gasteiger partial charge on any atom is 0.227 e. The lowest BCUT2D eigenvalue weighted by Gasteiger charge is -2.09. The van der Waals surface area contributed by atoms with Crippen LogP contribution in [0.25, 0.3) is 22.7 Å². The zero-order valence-corrected chi connectivity index (χ0v) is 17.7. The maximum absolute atomic E-state index is 10.9. The first kappa shape index (κ1) is 20.7. The number of nitrogens with one attached hydrogen (secondary N) is 1. The monoisotopic (exact) mass is 427 g/mol. The van der Waals surface area contributed by atoms with E-state index >= 15 is 0 Å². The van der Waals surface area contributed by atoms with Crippen LogP contribution in [0.5, 0.6) is 0 Å². The highest BCUT2D eigenvalue weighted by atomic mass is 32.1. The summed E-state index contributed by atoms with van der Waals surface area (Å²) in [6.45, 7) is 1.73. The molecule has 0 aliphatic heterocycles. The molecule has 5 nitrogen and oxygen atoms in total. The molecule has 6 heteroatoms. The summed E-state index contributed by atoms with van der Waals surface area (Å²) in [6.07, 6.45) is 6.06. The van der Waals surface area contributed by atoms with Crippen LogP contribution in [0.2, 0.25) is 0 Å². The third-order valence-corrected chi connectivity index (χ3v) is 5.72. The molecule has 4 rings (SSSR count). The second-order valence-corrected chi connectivity index (χ2v) is 8.13. The average molecular weight is 428 g/mol. The Labute approximate surface area is 184 Å². The lowest BCUT2D eigenvalue weighted by molar-refractivity contribution is 0.112. The summed E-state index contributed by atoms with van der Waals surface area (Å²) in [4.78, 5) is 22.0. The fourth-order valence-electron chi connectivity index (χ4n) is 3.06. The van der Waals surface area contributed by atoms with Crippen molar-refractivity contribution in [3.63, 3.8) is 0 Å². The number of aldehydes is 1. The summed E-state index contributed by atoms with van der Waals surface area (Å²) in [5, 5.41) is 13.0. The molecule has 0 aliphatic carbocycles. The van der Waals surface area contributed by atoms with E-state index < -0.39 is 6.10 Å². The SMILES string of the molecule is CC(O)c1cccc(Nc2nccc(-c3ccc(/C=C/c4cccc(C=O)c4)s3)n2)c1. The molecular weight excluding hydrogens is 406 g/mol. The molecule has 0 saturated heterocycles. The summed E-state index contributed by atoms with van der Waals surface area (Å²) in [5.74, 6) is 0.497. The van der Waals surface area contributed by atoms with E-state index in [2.05, 4.69) is 15.3 Å². The van der Waals surface area contributed by atoms with Gasteiger partial charge in [0.05, 0.1) is 16.7 Å². The van der Waals surface area contributed by atoms with Gasteiger partial charge in [-0.15, -0.1) is 11.3 Å². The largest absolute Gasteiger partial charge is 0.389 e. The van der Waals surface area contributed by atoms with Gasteiger partial charge >= 0.3 is 0 Å². The fourth-order valence-corrected chi connectivity index (χ4v) is 3.94. The van der Waals surface area contributed by atoms with Crippen LogP contribution >= 0.6 is 11.3 Å². The number of carbonyl (C=O) groups excluding carboxylic acids is 1. The highest BCUT2D eigenvalue weighted by Crippen LogP contribution is 2.29. The lowest BCUT2D eigenvalue weighted by atomic mass is 10.1. The zero-order valence-electron chi connectivity index (χ0n) is 16.9. The predicted molar refractivity (Wildman–Crippen MR) is 126 cm³/mol. The van der Waals surface area contributed by atoms with Crippen molar-refractivity contribution in [1.82, 2.24) is 9.97 Å². The number of carbonyl (C=O) groups is 1. The van der Waals surface area contributed by atoms with Crippen LogP contribution in [-0.2, 0) is 0 Å². The van der Waals surface area contributed by atoms with Gasteiger partial charge in [-0.1, -0.05) is 36.4 Å². The van der Waals surface area contributed by atoms with E-state index in [4.69, 9.17) is 0 Å². The third-order valence-electron chi connectivity index (χ3n) is 4.65. The predicted octanol–water partition coefficient (Wildman–Crippen LogP) is 5.98. The van der Waals surface area contributed by atoms with E-state index in [0.717, 1.165) is 38.5 Å². The Balaban J connectivity index is 1.51. The van der Waals surface area contributed by atoms with E-state index in [0.29, 0.717) is 11.5 Å². The van der Waals surface area contributed by atoms with E-state index in [1.54, 1.807) is 30.5 Å². The van der Waals surface area contributed by atoms with Gasteiger partial charge in [-0.25, -0.2) is 9.97 Å². The normalized spacial score (nSPS) is 12.1. The molecule has 0 radical (unpaired) electrons. The zero-order chi connectivity index (χ0) is 21.6. The molecule has 2 aromatic carbocycles. The van der Waals surface area contributed by atoms with E-state index in [-0.39, 0.29) is 0 Å². The quantitative estimate of drug-likeness (QED) is 0.355. The van der Waals surface area contributed by atoms with Gasteiger partial charge in [-0.2, -0.15) is 0 Å². The number of thiophene rings is 1. The van der Waals surface area contributed by atoms with Gasteiger partial charge in [0.15, 0.2) is 0 Å². The minimum Gasteiger partial charge on any atom is -0.389 e. The van der Waals surface area contributed by atoms with Gasteiger partial charge in [0.25, 0.3) is 0 Å². The molecule has 0 bridgehead atoms. The number of aromatic nitrogens is 2. The molecule has 154 valence electrons. The smallest absolute Gasteiger partial charge is 0.227 e. The number of aliphatic hydroxyl groups excluding tert-OH is 1. The Kier molecular flexibility index (Phi) is 6.31. The number of nitrogens with zero attached hydrogens (tertiary/aromatic N) is 2. The summed E-state index contributed by atoms with van der Waals surface area (Å²) < 4.78 is 0. The maximum atomic E-state index is 10.9. The molecule has 4 aromatic rings. The number of hydrogen-bond acceptors (Lipinski definition) is 6. The number of rotatable bonds is 7. The topological polar surface area (TPSA) is 75.1 Å². The highest BCUT2D eigenvalue weighted by molar-refractivity contribution is 7.16. The second kappa shape index (κ2) is 9.47. The average Bonchev–Trinajstić information content (AvgIpc) is 3.27. The van der Waals surface area contributed by atoms with Crippen molar-refractivity contribution in [3.05, 3.63) is 94.5 Å². The highest BCUT2D eigenvalue weighted by Gasteiger charge is 2.07. The molecule has 0 amide bonds. The Morgan fingerprint density at radius 3 is 2.68 bits per heavy atom. The van der Waals surface area contributed by atoms with E-state index in [1.165, 1.54) is 0 Å². The summed E-state index contributed by atoms with van der Waals surface area (Å²) >= 11 is 1.63. The van der Waals surface area contributed by atoms with Gasteiger partial charge in [0.2, 0.25) is 5.95 Å². The fraction of sp³-hybridized carbons (Fsp3) is 0.0800. The van der Waals surface area contributed by atoms with E-state index in [1.807, 2.05) is 72.8 Å². The summed E-state index contributed by atoms with van der Waals surface area (Å²) in [7, 11) is 0. The molecule has 1 atom stereocenters. The summed E-state index contributed by atoms with van der Waals surface area (Å²) in [5.41, 5.74) is 4.12. The van der Waals surface area contributed by atoms with Crippen molar-refractivity contribution in [3.8, 4) is 10.6 Å². The van der Waals surface area contributed by atoms with Crippen molar-refractivity contribution in [2.75, 3.05) is 5.32 Å². The molecular formula is C25H21N3O2S. The van der Waals surface area contributed by atoms with Crippen molar-refractivity contribution in [1.29, 1.82) is 0 Å². The Hall–Kier alpha value is -3.61. The van der Waals surface area contributed by atoms with Crippen LogP contribution in [0.4, 0.5) is 11.6 Å². The molecule has 2 aromatic heterocycles. The molecule has 0 spiro atoms. The van der Waals surface area contributed by atoms with Crippen molar-refractivity contribution in [2.45, 2.75) is 13.0 Å². The number of aliphatic hydroxyl groups is 1. The van der Waals surface area contributed by atoms with E-state index in [9.17, 15) is 9.90 Å². The first-order chi connectivity index (χ1) is 15.1. The minimum absolute atomic E-state index is 0.497. The van der Waals surface area contributed by atoms with Crippen LogP contribution in [0.3, 0.4) is 0 Å². The Morgan fingerprint density at radius 2 is 1.84 bits per heavy atom. The van der Waals surface area contributed by atoms with Crippen LogP contribution in [0.15, 0.2) is 72.9 Å². The number of benzene rings is 2. The Morgan fingerprint density at radius 1 is 1.00 bits per heavy atom. The van der Waals surface area contributed by atoms with Crippen molar-refractivity contribution >= 4 is 41.4 Å². The molecule has 0 fully saturated rings. The van der Waals surface area contributed by atoms with Crippen LogP contribution < -0.4 is 5.32 Å². The number of anilines is 2. The van der Waals surface area contributed by atoms with Crippen LogP contribution in [0, 0.1) is 0 Å². The van der Waals surface area contributed by atoms with Crippen LogP contribution in [0.1, 0.15) is 39.4 Å². The van der Waals surface area contributed by atoms with Crippen molar-refractivity contribution in [2.24, 2.45) is 0 Å². The van der Waals surface area contributed by atoms with Gasteiger partial charge < -0.3 is 10.4 Å². The first-order valence-corrected chi connectivity index (χ1v) is 10.6. The van der Waals surface area contributed by atoms with Gasteiger partial charge in [0, 0.05) is 22.3 Å². The third kappa shape index (κ3) is 5.31. The summed E-state index contributed by atoms with van der Waals surface area (Å²) in [6, 6.07) is 21.0. The van der Waals surface area contributed by atoms with Crippen LogP contribution in [-0.4, -0.2) is 21.4 Å². The Bertz CT molecular complexity index is 1230. The minimum atomic E-state index is -0.535. The van der Waals surface area contributed by atoms with Gasteiger partial charge in [-0.05, 0) is 60.5 Å². The first-order valence-electron chi connectivity index (χ1n) is 9.82. The molecule has 1 unspecified atom stereocenters.